The number of ether oxygens (including phenoxy) is 3. The molecule has 3 aromatic rings. The Kier molecular flexibility index (Phi) is 8.37. The highest BCUT2D eigenvalue weighted by Gasteiger charge is 2.15. The van der Waals surface area contributed by atoms with Crippen molar-refractivity contribution in [2.45, 2.75) is 18.2 Å². The molecule has 0 heterocycles. The molecule has 0 unspecified atom stereocenters. The van der Waals surface area contributed by atoms with Crippen LogP contribution in [-0.4, -0.2) is 41.7 Å². The summed E-state index contributed by atoms with van der Waals surface area (Å²) in [5.74, 6) is 1.73. The van der Waals surface area contributed by atoms with E-state index in [0.717, 1.165) is 5.56 Å². The first-order valence-corrected chi connectivity index (χ1v) is 12.2. The molecule has 0 fully saturated rings. The van der Waals surface area contributed by atoms with Crippen LogP contribution in [-0.2, 0) is 16.4 Å². The molecular weight excluding hydrogens is 456 g/mol. The van der Waals surface area contributed by atoms with Gasteiger partial charge >= 0.3 is 0 Å². The molecular formula is C25H28N2O6S. The van der Waals surface area contributed by atoms with Gasteiger partial charge in [0.15, 0.2) is 0 Å². The molecule has 0 aromatic heterocycles. The second-order valence-corrected chi connectivity index (χ2v) is 8.95. The highest BCUT2D eigenvalue weighted by Crippen LogP contribution is 2.25. The summed E-state index contributed by atoms with van der Waals surface area (Å²) in [7, 11) is -0.587. The largest absolute Gasteiger partial charge is 0.497 e. The molecule has 180 valence electrons. The van der Waals surface area contributed by atoms with E-state index in [1.807, 2.05) is 19.1 Å². The van der Waals surface area contributed by atoms with Crippen LogP contribution in [0, 0.1) is 0 Å². The first kappa shape index (κ1) is 24.9. The van der Waals surface area contributed by atoms with Crippen molar-refractivity contribution in [3.63, 3.8) is 0 Å². The van der Waals surface area contributed by atoms with Gasteiger partial charge in [-0.2, -0.15) is 0 Å². The Morgan fingerprint density at radius 2 is 1.56 bits per heavy atom. The van der Waals surface area contributed by atoms with Gasteiger partial charge in [-0.25, -0.2) is 8.42 Å². The molecule has 0 aliphatic carbocycles. The molecule has 2 N–H and O–H groups in total. The third-order valence-electron chi connectivity index (χ3n) is 5.02. The number of rotatable bonds is 11. The minimum atomic E-state index is -3.76. The zero-order valence-electron chi connectivity index (χ0n) is 19.3. The van der Waals surface area contributed by atoms with Crippen molar-refractivity contribution < 1.29 is 27.4 Å². The van der Waals surface area contributed by atoms with Crippen LogP contribution >= 0.6 is 0 Å². The van der Waals surface area contributed by atoms with Crippen LogP contribution in [0.1, 0.15) is 22.8 Å². The van der Waals surface area contributed by atoms with E-state index in [0.29, 0.717) is 48.1 Å². The molecule has 8 nitrogen and oxygen atoms in total. The summed E-state index contributed by atoms with van der Waals surface area (Å²) >= 11 is 0. The van der Waals surface area contributed by atoms with Gasteiger partial charge in [-0.1, -0.05) is 6.07 Å². The summed E-state index contributed by atoms with van der Waals surface area (Å²) < 4.78 is 43.6. The third kappa shape index (κ3) is 6.41. The lowest BCUT2D eigenvalue weighted by molar-refractivity contribution is 0.0954. The van der Waals surface area contributed by atoms with E-state index < -0.39 is 10.0 Å². The maximum atomic E-state index is 12.6. The van der Waals surface area contributed by atoms with Gasteiger partial charge in [-0.05, 0) is 73.5 Å². The monoisotopic (exact) mass is 484 g/mol. The second-order valence-electron chi connectivity index (χ2n) is 7.27. The quantitative estimate of drug-likeness (QED) is 0.428. The maximum Gasteiger partial charge on any atom is 0.261 e. The molecule has 9 heteroatoms. The minimum Gasteiger partial charge on any atom is -0.497 e. The van der Waals surface area contributed by atoms with Crippen LogP contribution in [0.5, 0.6) is 17.2 Å². The number of benzene rings is 3. The minimum absolute atomic E-state index is 0.117. The summed E-state index contributed by atoms with van der Waals surface area (Å²) in [6.45, 7) is 2.77. The average Bonchev–Trinajstić information content (AvgIpc) is 2.85. The van der Waals surface area contributed by atoms with E-state index >= 15 is 0 Å². The first-order valence-electron chi connectivity index (χ1n) is 10.7. The van der Waals surface area contributed by atoms with E-state index in [1.54, 1.807) is 56.7 Å². The molecule has 34 heavy (non-hydrogen) atoms. The summed E-state index contributed by atoms with van der Waals surface area (Å²) in [5.41, 5.74) is 1.72. The number of hydrogen-bond donors (Lipinski definition) is 2. The molecule has 0 aliphatic heterocycles. The maximum absolute atomic E-state index is 12.6. The van der Waals surface area contributed by atoms with Gasteiger partial charge in [0.2, 0.25) is 0 Å². The number of hydrogen-bond acceptors (Lipinski definition) is 6. The van der Waals surface area contributed by atoms with Gasteiger partial charge in [-0.3, -0.25) is 9.52 Å². The van der Waals surface area contributed by atoms with Gasteiger partial charge in [0, 0.05) is 23.9 Å². The van der Waals surface area contributed by atoms with Gasteiger partial charge in [0.05, 0.1) is 25.7 Å². The number of carbonyl (C=O) groups is 1. The SMILES string of the molecule is CCOc1ccc(S(=O)(=O)Nc2ccc(C(=O)NCCc3ccc(OC)cc3OC)cc2)cc1. The highest BCUT2D eigenvalue weighted by molar-refractivity contribution is 7.92. The highest BCUT2D eigenvalue weighted by atomic mass is 32.2. The van der Waals surface area contributed by atoms with Crippen molar-refractivity contribution in [3.8, 4) is 17.2 Å². The van der Waals surface area contributed by atoms with Gasteiger partial charge in [0.1, 0.15) is 17.2 Å². The summed E-state index contributed by atoms with van der Waals surface area (Å²) in [6.07, 6.45) is 0.582. The fraction of sp³-hybridized carbons (Fsp3) is 0.240. The Balaban J connectivity index is 1.57. The second kappa shape index (κ2) is 11.4. The Morgan fingerprint density at radius 3 is 2.18 bits per heavy atom. The molecule has 0 atom stereocenters. The fourth-order valence-electron chi connectivity index (χ4n) is 3.26. The van der Waals surface area contributed by atoms with Crippen LogP contribution in [0.4, 0.5) is 5.69 Å². The standard InChI is InChI=1S/C25H28N2O6S/c1-4-33-21-11-13-23(14-12-21)34(29,30)27-20-8-5-19(6-9-20)25(28)26-16-15-18-7-10-22(31-2)17-24(18)32-3/h5-14,17,27H,4,15-16H2,1-3H3,(H,26,28). The van der Waals surface area contributed by atoms with E-state index in [4.69, 9.17) is 14.2 Å². The van der Waals surface area contributed by atoms with Crippen molar-refractivity contribution in [2.24, 2.45) is 0 Å². The average molecular weight is 485 g/mol. The number of anilines is 1. The van der Waals surface area contributed by atoms with Crippen LogP contribution in [0.2, 0.25) is 0 Å². The molecule has 0 bridgehead atoms. The number of carbonyl (C=O) groups excluding carboxylic acids is 1. The first-order chi connectivity index (χ1) is 16.4. The summed E-state index contributed by atoms with van der Waals surface area (Å²) in [6, 6.07) is 17.9. The molecule has 0 saturated heterocycles. The normalized spacial score (nSPS) is 10.9. The van der Waals surface area contributed by atoms with E-state index in [2.05, 4.69) is 10.0 Å². The lowest BCUT2D eigenvalue weighted by Gasteiger charge is -2.12. The number of nitrogens with one attached hydrogen (secondary N) is 2. The topological polar surface area (TPSA) is 103 Å². The van der Waals surface area contributed by atoms with Crippen molar-refractivity contribution >= 4 is 21.6 Å². The summed E-state index contributed by atoms with van der Waals surface area (Å²) in [4.78, 5) is 12.6. The molecule has 0 saturated carbocycles. The zero-order valence-corrected chi connectivity index (χ0v) is 20.1. The van der Waals surface area contributed by atoms with Crippen molar-refractivity contribution in [1.29, 1.82) is 0 Å². The Hall–Kier alpha value is -3.72. The van der Waals surface area contributed by atoms with Crippen LogP contribution in [0.25, 0.3) is 0 Å². The fourth-order valence-corrected chi connectivity index (χ4v) is 4.32. The molecule has 0 aliphatic rings. The van der Waals surface area contributed by atoms with Gasteiger partial charge in [0.25, 0.3) is 15.9 Å². The smallest absolute Gasteiger partial charge is 0.261 e. The third-order valence-corrected chi connectivity index (χ3v) is 6.42. The molecule has 0 spiro atoms. The Bertz CT molecular complexity index is 1210. The Labute approximate surface area is 199 Å². The lowest BCUT2D eigenvalue weighted by atomic mass is 10.1. The zero-order chi connectivity index (χ0) is 24.6. The predicted molar refractivity (Wildman–Crippen MR) is 130 cm³/mol. The Morgan fingerprint density at radius 1 is 0.882 bits per heavy atom. The number of methoxy groups -OCH3 is 2. The summed E-state index contributed by atoms with van der Waals surface area (Å²) in [5, 5.41) is 2.86. The van der Waals surface area contributed by atoms with Crippen molar-refractivity contribution in [1.82, 2.24) is 5.32 Å². The number of amides is 1. The molecule has 3 aromatic carbocycles. The van der Waals surface area contributed by atoms with Crippen LogP contribution in [0.15, 0.2) is 71.6 Å². The van der Waals surface area contributed by atoms with Gasteiger partial charge in [-0.15, -0.1) is 0 Å². The van der Waals surface area contributed by atoms with Crippen LogP contribution < -0.4 is 24.2 Å². The molecule has 0 radical (unpaired) electrons. The van der Waals surface area contributed by atoms with Crippen molar-refractivity contribution in [3.05, 3.63) is 77.9 Å². The molecule has 3 rings (SSSR count). The van der Waals surface area contributed by atoms with Crippen LogP contribution in [0.3, 0.4) is 0 Å². The lowest BCUT2D eigenvalue weighted by Crippen LogP contribution is -2.25. The predicted octanol–water partition coefficient (Wildman–Crippen LogP) is 3.88. The van der Waals surface area contributed by atoms with E-state index in [9.17, 15) is 13.2 Å². The van der Waals surface area contributed by atoms with Gasteiger partial charge < -0.3 is 19.5 Å². The number of sulfonamides is 1. The van der Waals surface area contributed by atoms with E-state index in [-0.39, 0.29) is 10.8 Å². The van der Waals surface area contributed by atoms with E-state index in [1.165, 1.54) is 12.1 Å². The van der Waals surface area contributed by atoms with Crippen molar-refractivity contribution in [2.75, 3.05) is 32.1 Å². The molecule has 1 amide bonds.